The van der Waals surface area contributed by atoms with Crippen molar-refractivity contribution in [2.24, 2.45) is 5.73 Å². The van der Waals surface area contributed by atoms with Crippen LogP contribution in [0, 0.1) is 12.7 Å². The summed E-state index contributed by atoms with van der Waals surface area (Å²) in [6.07, 6.45) is 0. The Kier molecular flexibility index (Phi) is 3.74. The molecule has 110 valence electrons. The minimum absolute atomic E-state index is 0.339. The van der Waals surface area contributed by atoms with E-state index < -0.39 is 6.04 Å². The van der Waals surface area contributed by atoms with Crippen LogP contribution in [0.25, 0.3) is 0 Å². The van der Waals surface area contributed by atoms with Gasteiger partial charge in [0, 0.05) is 16.7 Å². The van der Waals surface area contributed by atoms with Crippen LogP contribution in [0.3, 0.4) is 0 Å². The molecule has 0 saturated heterocycles. The molecule has 1 heterocycles. The zero-order valence-electron chi connectivity index (χ0n) is 11.5. The third-order valence-corrected chi connectivity index (χ3v) is 3.81. The first kappa shape index (κ1) is 14.2. The van der Waals surface area contributed by atoms with Gasteiger partial charge in [-0.05, 0) is 30.2 Å². The first-order valence-electron chi connectivity index (χ1n) is 6.67. The van der Waals surface area contributed by atoms with Crippen LogP contribution in [0.4, 0.5) is 4.39 Å². The van der Waals surface area contributed by atoms with Crippen molar-refractivity contribution < 1.29 is 13.9 Å². The summed E-state index contributed by atoms with van der Waals surface area (Å²) in [5.41, 5.74) is 8.04. The van der Waals surface area contributed by atoms with Crippen molar-refractivity contribution in [2.45, 2.75) is 13.0 Å². The molecule has 21 heavy (non-hydrogen) atoms. The normalized spacial score (nSPS) is 14.9. The third kappa shape index (κ3) is 2.69. The van der Waals surface area contributed by atoms with Gasteiger partial charge in [0.2, 0.25) is 0 Å². The van der Waals surface area contributed by atoms with E-state index >= 15 is 0 Å². The highest BCUT2D eigenvalue weighted by Gasteiger charge is 2.21. The van der Waals surface area contributed by atoms with Crippen LogP contribution in [-0.2, 0) is 0 Å². The molecule has 0 fully saturated rings. The smallest absolute Gasteiger partial charge is 0.162 e. The van der Waals surface area contributed by atoms with E-state index in [9.17, 15) is 4.39 Å². The Hall–Kier alpha value is -1.78. The molecule has 0 radical (unpaired) electrons. The number of hydrogen-bond acceptors (Lipinski definition) is 3. The number of nitrogens with two attached hydrogens (primary N) is 1. The van der Waals surface area contributed by atoms with Gasteiger partial charge in [-0.25, -0.2) is 4.39 Å². The van der Waals surface area contributed by atoms with Crippen LogP contribution >= 0.6 is 11.6 Å². The van der Waals surface area contributed by atoms with Crippen LogP contribution in [0.5, 0.6) is 11.5 Å². The summed E-state index contributed by atoms with van der Waals surface area (Å²) in [6, 6.07) is 7.69. The van der Waals surface area contributed by atoms with Gasteiger partial charge in [0.25, 0.3) is 0 Å². The highest BCUT2D eigenvalue weighted by atomic mass is 35.5. The van der Waals surface area contributed by atoms with E-state index in [0.29, 0.717) is 40.9 Å². The zero-order valence-corrected chi connectivity index (χ0v) is 12.3. The van der Waals surface area contributed by atoms with Crippen LogP contribution in [0.1, 0.15) is 22.7 Å². The fourth-order valence-corrected chi connectivity index (χ4v) is 2.64. The zero-order chi connectivity index (χ0) is 15.0. The van der Waals surface area contributed by atoms with Crippen molar-refractivity contribution in [2.75, 3.05) is 13.2 Å². The van der Waals surface area contributed by atoms with Crippen molar-refractivity contribution in [3.8, 4) is 11.5 Å². The van der Waals surface area contributed by atoms with Gasteiger partial charge < -0.3 is 15.2 Å². The van der Waals surface area contributed by atoms with Crippen molar-refractivity contribution in [3.05, 3.63) is 57.9 Å². The lowest BCUT2D eigenvalue weighted by atomic mass is 9.97. The molecule has 3 nitrogen and oxygen atoms in total. The first-order valence-corrected chi connectivity index (χ1v) is 7.04. The summed E-state index contributed by atoms with van der Waals surface area (Å²) < 4.78 is 25.1. The molecular weight excluding hydrogens is 293 g/mol. The second-order valence-electron chi connectivity index (χ2n) is 5.02. The topological polar surface area (TPSA) is 44.5 Å². The van der Waals surface area contributed by atoms with Crippen LogP contribution < -0.4 is 15.2 Å². The highest BCUT2D eigenvalue weighted by molar-refractivity contribution is 6.31. The summed E-state index contributed by atoms with van der Waals surface area (Å²) in [6.45, 7) is 2.79. The molecule has 0 bridgehead atoms. The van der Waals surface area contributed by atoms with Gasteiger partial charge in [-0.3, -0.25) is 0 Å². The average Bonchev–Trinajstić information content (AvgIpc) is 2.46. The van der Waals surface area contributed by atoms with Crippen LogP contribution in [0.15, 0.2) is 30.3 Å². The van der Waals surface area contributed by atoms with Gasteiger partial charge >= 0.3 is 0 Å². The summed E-state index contributed by atoms with van der Waals surface area (Å²) in [4.78, 5) is 0. The number of halogens is 2. The number of aryl methyl sites for hydroxylation is 1. The van der Waals surface area contributed by atoms with E-state index in [1.54, 1.807) is 18.2 Å². The molecule has 5 heteroatoms. The van der Waals surface area contributed by atoms with Crippen molar-refractivity contribution in [1.29, 1.82) is 0 Å². The quantitative estimate of drug-likeness (QED) is 0.922. The monoisotopic (exact) mass is 307 g/mol. The van der Waals surface area contributed by atoms with E-state index in [1.165, 1.54) is 6.07 Å². The van der Waals surface area contributed by atoms with E-state index in [4.69, 9.17) is 26.8 Å². The van der Waals surface area contributed by atoms with Gasteiger partial charge in [-0.2, -0.15) is 0 Å². The van der Waals surface area contributed by atoms with Crippen molar-refractivity contribution in [1.82, 2.24) is 0 Å². The summed E-state index contributed by atoms with van der Waals surface area (Å²) >= 11 is 6.25. The fraction of sp³-hybridized carbons (Fsp3) is 0.250. The van der Waals surface area contributed by atoms with Crippen molar-refractivity contribution >= 4 is 11.6 Å². The molecule has 2 N–H and O–H groups in total. The number of rotatable bonds is 2. The van der Waals surface area contributed by atoms with E-state index in [-0.39, 0.29) is 5.82 Å². The SMILES string of the molecule is Cc1ccc(C(N)c2cc3c(cc2Cl)OCCO3)c(F)c1. The van der Waals surface area contributed by atoms with Gasteiger partial charge in [-0.1, -0.05) is 23.7 Å². The van der Waals surface area contributed by atoms with Crippen molar-refractivity contribution in [3.63, 3.8) is 0 Å². The van der Waals surface area contributed by atoms with Gasteiger partial charge in [0.05, 0.1) is 6.04 Å². The highest BCUT2D eigenvalue weighted by Crippen LogP contribution is 2.39. The van der Waals surface area contributed by atoms with Gasteiger partial charge in [-0.15, -0.1) is 0 Å². The molecule has 1 aliphatic heterocycles. The Morgan fingerprint density at radius 2 is 1.76 bits per heavy atom. The Labute approximate surface area is 127 Å². The number of fused-ring (bicyclic) bond motifs is 1. The first-order chi connectivity index (χ1) is 10.1. The fourth-order valence-electron chi connectivity index (χ4n) is 2.37. The Balaban J connectivity index is 2.03. The molecule has 0 spiro atoms. The maximum atomic E-state index is 14.1. The molecule has 1 unspecified atom stereocenters. The lowest BCUT2D eigenvalue weighted by Crippen LogP contribution is -2.18. The molecule has 0 amide bonds. The van der Waals surface area contributed by atoms with E-state index in [2.05, 4.69) is 0 Å². The molecule has 1 atom stereocenters. The second-order valence-corrected chi connectivity index (χ2v) is 5.43. The van der Waals surface area contributed by atoms with Gasteiger partial charge in [0.15, 0.2) is 11.5 Å². The Bertz CT molecular complexity index is 690. The third-order valence-electron chi connectivity index (χ3n) is 3.49. The summed E-state index contributed by atoms with van der Waals surface area (Å²) in [5.74, 6) is 0.837. The maximum Gasteiger partial charge on any atom is 0.162 e. The lowest BCUT2D eigenvalue weighted by molar-refractivity contribution is 0.171. The molecule has 3 rings (SSSR count). The minimum Gasteiger partial charge on any atom is -0.486 e. The number of hydrogen-bond donors (Lipinski definition) is 1. The molecule has 1 aliphatic rings. The predicted molar refractivity (Wildman–Crippen MR) is 79.6 cm³/mol. The number of ether oxygens (including phenoxy) is 2. The van der Waals surface area contributed by atoms with Gasteiger partial charge in [0.1, 0.15) is 19.0 Å². The second kappa shape index (κ2) is 5.54. The molecule has 0 aromatic heterocycles. The Morgan fingerprint density at radius 3 is 2.43 bits per heavy atom. The van der Waals surface area contributed by atoms with E-state index in [0.717, 1.165) is 5.56 Å². The molecule has 0 aliphatic carbocycles. The molecule has 2 aromatic carbocycles. The molecule has 2 aromatic rings. The standard InChI is InChI=1S/C16H15ClFNO2/c1-9-2-3-10(13(18)6-9)16(19)11-7-14-15(8-12(11)17)21-5-4-20-14/h2-3,6-8,16H,4-5,19H2,1H3. The number of benzene rings is 2. The largest absolute Gasteiger partial charge is 0.486 e. The summed E-state index contributed by atoms with van der Waals surface area (Å²) in [7, 11) is 0. The minimum atomic E-state index is -0.658. The lowest BCUT2D eigenvalue weighted by Gasteiger charge is -2.22. The summed E-state index contributed by atoms with van der Waals surface area (Å²) in [5, 5.41) is 0.437. The Morgan fingerprint density at radius 1 is 1.10 bits per heavy atom. The van der Waals surface area contributed by atoms with Crippen LogP contribution in [-0.4, -0.2) is 13.2 Å². The predicted octanol–water partition coefficient (Wildman–Crippen LogP) is 3.61. The molecule has 0 saturated carbocycles. The van der Waals surface area contributed by atoms with Crippen LogP contribution in [0.2, 0.25) is 5.02 Å². The molecular formula is C16H15ClFNO2. The maximum absolute atomic E-state index is 14.1. The van der Waals surface area contributed by atoms with E-state index in [1.807, 2.05) is 13.0 Å². The average molecular weight is 308 g/mol.